The van der Waals surface area contributed by atoms with Crippen LogP contribution in [-0.4, -0.2) is 11.5 Å². The number of hydrogen-bond acceptors (Lipinski definition) is 3. The van der Waals surface area contributed by atoms with Crippen molar-refractivity contribution in [2.45, 2.75) is 41.2 Å². The predicted octanol–water partition coefficient (Wildman–Crippen LogP) is 3.22. The largest absolute Gasteiger partial charge is 0.311 e. The molecule has 0 aromatic carbocycles. The molecule has 86 valence electrons. The number of hydrogen-bond donors (Lipinski definition) is 1. The summed E-state index contributed by atoms with van der Waals surface area (Å²) in [6.45, 7) is 13.1. The quantitative estimate of drug-likeness (QED) is 0.852. The standard InChI is InChI=1S/C12H22N2S/c1-9(12(3,4)5)6-13-7-11-8-15-10(2)14-11/h8-9,13H,6-7H2,1-5H3. The Bertz CT molecular complexity index is 299. The van der Waals surface area contributed by atoms with Gasteiger partial charge in [0.25, 0.3) is 0 Å². The van der Waals surface area contributed by atoms with Gasteiger partial charge in [-0.05, 0) is 24.8 Å². The van der Waals surface area contributed by atoms with Gasteiger partial charge < -0.3 is 5.32 Å². The van der Waals surface area contributed by atoms with Crippen molar-refractivity contribution < 1.29 is 0 Å². The van der Waals surface area contributed by atoms with Crippen LogP contribution < -0.4 is 5.32 Å². The summed E-state index contributed by atoms with van der Waals surface area (Å²) < 4.78 is 0. The summed E-state index contributed by atoms with van der Waals surface area (Å²) in [7, 11) is 0. The van der Waals surface area contributed by atoms with Crippen molar-refractivity contribution in [2.75, 3.05) is 6.54 Å². The monoisotopic (exact) mass is 226 g/mol. The normalized spacial score (nSPS) is 14.2. The third kappa shape index (κ3) is 4.31. The van der Waals surface area contributed by atoms with Crippen molar-refractivity contribution in [3.8, 4) is 0 Å². The minimum atomic E-state index is 0.380. The van der Waals surface area contributed by atoms with Gasteiger partial charge in [0.1, 0.15) is 0 Å². The molecule has 0 fully saturated rings. The highest BCUT2D eigenvalue weighted by Gasteiger charge is 2.19. The molecule has 1 N–H and O–H groups in total. The zero-order valence-electron chi connectivity index (χ0n) is 10.4. The first-order valence-corrected chi connectivity index (χ1v) is 6.39. The van der Waals surface area contributed by atoms with E-state index in [0.29, 0.717) is 11.3 Å². The Morgan fingerprint density at radius 3 is 2.60 bits per heavy atom. The lowest BCUT2D eigenvalue weighted by Crippen LogP contribution is -2.29. The highest BCUT2D eigenvalue weighted by Crippen LogP contribution is 2.24. The van der Waals surface area contributed by atoms with Gasteiger partial charge in [-0.1, -0.05) is 27.7 Å². The van der Waals surface area contributed by atoms with Crippen molar-refractivity contribution in [1.82, 2.24) is 10.3 Å². The molecule has 0 aliphatic rings. The number of aryl methyl sites for hydroxylation is 1. The lowest BCUT2D eigenvalue weighted by molar-refractivity contribution is 0.252. The van der Waals surface area contributed by atoms with Gasteiger partial charge in [-0.15, -0.1) is 11.3 Å². The molecule has 0 spiro atoms. The Hall–Kier alpha value is -0.410. The summed E-state index contributed by atoms with van der Waals surface area (Å²) in [6.07, 6.45) is 0. The van der Waals surface area contributed by atoms with Crippen LogP contribution in [0.5, 0.6) is 0 Å². The molecule has 1 unspecified atom stereocenters. The second-order valence-electron chi connectivity index (χ2n) is 5.26. The molecule has 0 amide bonds. The van der Waals surface area contributed by atoms with Crippen molar-refractivity contribution in [1.29, 1.82) is 0 Å². The van der Waals surface area contributed by atoms with Gasteiger partial charge in [-0.3, -0.25) is 0 Å². The van der Waals surface area contributed by atoms with E-state index in [0.717, 1.165) is 18.1 Å². The summed E-state index contributed by atoms with van der Waals surface area (Å²) in [4.78, 5) is 4.43. The molecule has 3 heteroatoms. The molecule has 1 aromatic heterocycles. The van der Waals surface area contributed by atoms with E-state index in [2.05, 4.69) is 43.4 Å². The second kappa shape index (κ2) is 5.08. The van der Waals surface area contributed by atoms with E-state index in [1.165, 1.54) is 5.69 Å². The Morgan fingerprint density at radius 2 is 2.13 bits per heavy atom. The molecule has 0 radical (unpaired) electrons. The fourth-order valence-corrected chi connectivity index (χ4v) is 1.82. The van der Waals surface area contributed by atoms with Crippen LogP contribution >= 0.6 is 11.3 Å². The first-order valence-electron chi connectivity index (χ1n) is 5.51. The maximum atomic E-state index is 4.43. The molecule has 0 bridgehead atoms. The van der Waals surface area contributed by atoms with Gasteiger partial charge >= 0.3 is 0 Å². The van der Waals surface area contributed by atoms with Crippen LogP contribution in [0.15, 0.2) is 5.38 Å². The average molecular weight is 226 g/mol. The smallest absolute Gasteiger partial charge is 0.0897 e. The molecule has 0 aliphatic carbocycles. The Morgan fingerprint density at radius 1 is 1.47 bits per heavy atom. The zero-order valence-corrected chi connectivity index (χ0v) is 11.2. The molecule has 1 aromatic rings. The summed E-state index contributed by atoms with van der Waals surface area (Å²) in [5.41, 5.74) is 1.55. The van der Waals surface area contributed by atoms with Crippen LogP contribution in [0.1, 0.15) is 38.4 Å². The van der Waals surface area contributed by atoms with Gasteiger partial charge in [0.15, 0.2) is 0 Å². The van der Waals surface area contributed by atoms with E-state index in [9.17, 15) is 0 Å². The lowest BCUT2D eigenvalue weighted by Gasteiger charge is -2.27. The van der Waals surface area contributed by atoms with Crippen molar-refractivity contribution >= 4 is 11.3 Å². The molecule has 1 atom stereocenters. The van der Waals surface area contributed by atoms with Gasteiger partial charge in [0.2, 0.25) is 0 Å². The van der Waals surface area contributed by atoms with E-state index < -0.39 is 0 Å². The Kier molecular flexibility index (Phi) is 4.29. The van der Waals surface area contributed by atoms with Crippen LogP contribution in [0.4, 0.5) is 0 Å². The van der Waals surface area contributed by atoms with Crippen LogP contribution in [0.2, 0.25) is 0 Å². The molecule has 1 heterocycles. The third-order valence-electron chi connectivity index (χ3n) is 2.90. The molecule has 15 heavy (non-hydrogen) atoms. The Labute approximate surface area is 97.1 Å². The second-order valence-corrected chi connectivity index (χ2v) is 6.32. The molecular formula is C12H22N2S. The van der Waals surface area contributed by atoms with Gasteiger partial charge in [0, 0.05) is 11.9 Å². The first-order chi connectivity index (χ1) is 6.89. The summed E-state index contributed by atoms with van der Waals surface area (Å²) in [5.74, 6) is 0.678. The van der Waals surface area contributed by atoms with E-state index in [1.807, 2.05) is 6.92 Å². The predicted molar refractivity (Wildman–Crippen MR) is 67.2 cm³/mol. The van der Waals surface area contributed by atoms with E-state index in [-0.39, 0.29) is 0 Å². The highest BCUT2D eigenvalue weighted by molar-refractivity contribution is 7.09. The number of thiazole rings is 1. The number of nitrogens with zero attached hydrogens (tertiary/aromatic N) is 1. The first kappa shape index (κ1) is 12.7. The minimum absolute atomic E-state index is 0.380. The van der Waals surface area contributed by atoms with Gasteiger partial charge in [-0.25, -0.2) is 4.98 Å². The summed E-state index contributed by atoms with van der Waals surface area (Å²) in [6, 6.07) is 0. The van der Waals surface area contributed by atoms with Crippen molar-refractivity contribution in [3.05, 3.63) is 16.1 Å². The molecule has 0 aliphatic heterocycles. The lowest BCUT2D eigenvalue weighted by atomic mass is 9.82. The van der Waals surface area contributed by atoms with Gasteiger partial charge in [-0.2, -0.15) is 0 Å². The molecular weight excluding hydrogens is 204 g/mol. The van der Waals surface area contributed by atoms with E-state index in [1.54, 1.807) is 11.3 Å². The average Bonchev–Trinajstić information content (AvgIpc) is 2.49. The highest BCUT2D eigenvalue weighted by atomic mass is 32.1. The van der Waals surface area contributed by atoms with Crippen LogP contribution in [-0.2, 0) is 6.54 Å². The maximum absolute atomic E-state index is 4.43. The van der Waals surface area contributed by atoms with Crippen molar-refractivity contribution in [2.24, 2.45) is 11.3 Å². The fraction of sp³-hybridized carbons (Fsp3) is 0.750. The molecule has 0 saturated heterocycles. The zero-order chi connectivity index (χ0) is 11.5. The molecule has 2 nitrogen and oxygen atoms in total. The minimum Gasteiger partial charge on any atom is -0.311 e. The summed E-state index contributed by atoms with van der Waals surface area (Å²) >= 11 is 1.72. The van der Waals surface area contributed by atoms with Crippen LogP contribution in [0.25, 0.3) is 0 Å². The summed E-state index contributed by atoms with van der Waals surface area (Å²) in [5, 5.41) is 6.74. The number of aromatic nitrogens is 1. The van der Waals surface area contributed by atoms with Crippen LogP contribution in [0.3, 0.4) is 0 Å². The van der Waals surface area contributed by atoms with Crippen LogP contribution in [0, 0.1) is 18.3 Å². The number of rotatable bonds is 4. The third-order valence-corrected chi connectivity index (χ3v) is 3.72. The Balaban J connectivity index is 2.28. The van der Waals surface area contributed by atoms with Crippen molar-refractivity contribution in [3.63, 3.8) is 0 Å². The van der Waals surface area contributed by atoms with Gasteiger partial charge in [0.05, 0.1) is 10.7 Å². The SMILES string of the molecule is Cc1nc(CNCC(C)C(C)(C)C)cs1. The molecule has 1 rings (SSSR count). The maximum Gasteiger partial charge on any atom is 0.0897 e. The molecule has 0 saturated carbocycles. The number of nitrogens with one attached hydrogen (secondary N) is 1. The fourth-order valence-electron chi connectivity index (χ4n) is 1.21. The van der Waals surface area contributed by atoms with E-state index >= 15 is 0 Å². The topological polar surface area (TPSA) is 24.9 Å². The van der Waals surface area contributed by atoms with E-state index in [4.69, 9.17) is 0 Å².